The molecule has 2 saturated heterocycles. The van der Waals surface area contributed by atoms with Crippen LogP contribution in [0, 0.1) is 5.41 Å². The summed E-state index contributed by atoms with van der Waals surface area (Å²) < 4.78 is 11.3. The molecule has 4 amide bonds. The van der Waals surface area contributed by atoms with E-state index in [4.69, 9.17) is 9.47 Å². The lowest BCUT2D eigenvalue weighted by Crippen LogP contribution is -2.69. The molecule has 4 rings (SSSR count). The number of nitrogens with one attached hydrogen (secondary N) is 2. The summed E-state index contributed by atoms with van der Waals surface area (Å²) in [6.45, 7) is 9.17. The van der Waals surface area contributed by atoms with Crippen molar-refractivity contribution in [2.45, 2.75) is 77.3 Å². The van der Waals surface area contributed by atoms with Crippen molar-refractivity contribution in [2.75, 3.05) is 26.7 Å². The number of amides is 4. The molecule has 1 spiro atoms. The van der Waals surface area contributed by atoms with E-state index in [9.17, 15) is 19.2 Å². The Labute approximate surface area is 254 Å². The number of rotatable bonds is 9. The second kappa shape index (κ2) is 12.8. The molecule has 2 fully saturated rings. The van der Waals surface area contributed by atoms with Gasteiger partial charge in [-0.25, -0.2) is 4.79 Å². The van der Waals surface area contributed by atoms with E-state index in [1.807, 2.05) is 60.7 Å². The summed E-state index contributed by atoms with van der Waals surface area (Å²) in [5, 5.41) is 5.41. The number of β-lactam (4-membered cyclic amide) rings is 1. The van der Waals surface area contributed by atoms with Gasteiger partial charge in [-0.3, -0.25) is 14.4 Å². The van der Waals surface area contributed by atoms with Crippen molar-refractivity contribution in [3.05, 3.63) is 71.8 Å². The SMILES string of the molecule is CN1C(=O)C2(CCCN(C(=O)[C@@H](COCc3ccccc3)NC(=O)C(C)(C)NC(=O)OC(C)(C)C)C2)C1c1ccccc1. The van der Waals surface area contributed by atoms with Gasteiger partial charge in [0, 0.05) is 20.1 Å². The van der Waals surface area contributed by atoms with Gasteiger partial charge in [-0.1, -0.05) is 60.7 Å². The average molecular weight is 593 g/mol. The molecule has 2 heterocycles. The number of likely N-dealkylation sites (tertiary alicyclic amines) is 2. The molecule has 10 heteroatoms. The lowest BCUT2D eigenvalue weighted by atomic mass is 9.63. The van der Waals surface area contributed by atoms with Gasteiger partial charge >= 0.3 is 6.09 Å². The van der Waals surface area contributed by atoms with Crippen LogP contribution >= 0.6 is 0 Å². The number of nitrogens with zero attached hydrogens (tertiary/aromatic N) is 2. The van der Waals surface area contributed by atoms with Gasteiger partial charge in [0.15, 0.2) is 0 Å². The number of ether oxygens (including phenoxy) is 2. The lowest BCUT2D eigenvalue weighted by Gasteiger charge is -2.58. The van der Waals surface area contributed by atoms with Crippen molar-refractivity contribution in [2.24, 2.45) is 5.41 Å². The lowest BCUT2D eigenvalue weighted by molar-refractivity contribution is -0.179. The second-order valence-corrected chi connectivity index (χ2v) is 13.0. The van der Waals surface area contributed by atoms with Crippen LogP contribution in [-0.4, -0.2) is 77.5 Å². The quantitative estimate of drug-likeness (QED) is 0.428. The fourth-order valence-electron chi connectivity index (χ4n) is 5.96. The third kappa shape index (κ3) is 7.36. The number of hydrogen-bond acceptors (Lipinski definition) is 6. The molecule has 3 atom stereocenters. The summed E-state index contributed by atoms with van der Waals surface area (Å²) in [7, 11) is 1.80. The Morgan fingerprint density at radius 3 is 2.26 bits per heavy atom. The molecule has 232 valence electrons. The van der Waals surface area contributed by atoms with E-state index >= 15 is 0 Å². The Morgan fingerprint density at radius 1 is 1.00 bits per heavy atom. The molecule has 0 aromatic heterocycles. The minimum Gasteiger partial charge on any atom is -0.444 e. The minimum atomic E-state index is -1.38. The third-order valence-corrected chi connectivity index (χ3v) is 7.99. The van der Waals surface area contributed by atoms with Gasteiger partial charge in [0.25, 0.3) is 0 Å². The summed E-state index contributed by atoms with van der Waals surface area (Å²) in [5.41, 5.74) is -0.882. The standard InChI is InChI=1S/C33H44N4O6/c1-31(2,3)43-30(41)35-32(4,5)28(39)34-25(21-42-20-23-14-9-7-10-15-23)27(38)37-19-13-18-33(22-37)26(36(6)29(33)40)24-16-11-8-12-17-24/h7-12,14-17,25-26H,13,18-22H2,1-6H3,(H,34,39)(H,35,41)/t25-,26?,33?/m1/s1. The van der Waals surface area contributed by atoms with Crippen molar-refractivity contribution in [3.8, 4) is 0 Å². The van der Waals surface area contributed by atoms with Gasteiger partial charge in [0.05, 0.1) is 24.7 Å². The van der Waals surface area contributed by atoms with Crippen molar-refractivity contribution >= 4 is 23.8 Å². The van der Waals surface area contributed by atoms with Crippen LogP contribution in [0.3, 0.4) is 0 Å². The molecule has 0 saturated carbocycles. The number of piperidine rings is 1. The van der Waals surface area contributed by atoms with E-state index in [2.05, 4.69) is 10.6 Å². The predicted molar refractivity (Wildman–Crippen MR) is 162 cm³/mol. The molecule has 0 radical (unpaired) electrons. The number of carbonyl (C=O) groups is 4. The molecule has 10 nitrogen and oxygen atoms in total. The van der Waals surface area contributed by atoms with Crippen molar-refractivity contribution in [3.63, 3.8) is 0 Å². The van der Waals surface area contributed by atoms with Crippen LogP contribution in [-0.2, 0) is 30.5 Å². The van der Waals surface area contributed by atoms with Crippen molar-refractivity contribution in [1.82, 2.24) is 20.4 Å². The molecule has 2 N–H and O–H groups in total. The number of alkyl carbamates (subject to hydrolysis) is 1. The van der Waals surface area contributed by atoms with E-state index in [-0.39, 0.29) is 37.6 Å². The normalized spacial score (nSPS) is 21.2. The van der Waals surface area contributed by atoms with E-state index < -0.39 is 34.6 Å². The molecule has 43 heavy (non-hydrogen) atoms. The zero-order valence-corrected chi connectivity index (χ0v) is 26.0. The largest absolute Gasteiger partial charge is 0.444 e. The first-order chi connectivity index (χ1) is 20.2. The van der Waals surface area contributed by atoms with Gasteiger partial charge in [-0.15, -0.1) is 0 Å². The van der Waals surface area contributed by atoms with Crippen LogP contribution in [0.1, 0.15) is 64.6 Å². The Kier molecular flexibility index (Phi) is 9.49. The summed E-state index contributed by atoms with van der Waals surface area (Å²) in [6, 6.07) is 18.2. The summed E-state index contributed by atoms with van der Waals surface area (Å²) in [4.78, 5) is 56.7. The van der Waals surface area contributed by atoms with E-state index in [0.717, 1.165) is 11.1 Å². The number of carbonyl (C=O) groups excluding carboxylic acids is 4. The van der Waals surface area contributed by atoms with Gasteiger partial charge in [-0.05, 0) is 58.6 Å². The van der Waals surface area contributed by atoms with Crippen LogP contribution in [0.4, 0.5) is 4.79 Å². The maximum absolute atomic E-state index is 14.1. The molecule has 0 bridgehead atoms. The molecular formula is C33H44N4O6. The van der Waals surface area contributed by atoms with Crippen molar-refractivity contribution in [1.29, 1.82) is 0 Å². The Balaban J connectivity index is 1.51. The highest BCUT2D eigenvalue weighted by Gasteiger charge is 2.61. The first-order valence-corrected chi connectivity index (χ1v) is 14.8. The van der Waals surface area contributed by atoms with Crippen molar-refractivity contribution < 1.29 is 28.7 Å². The first-order valence-electron chi connectivity index (χ1n) is 14.8. The number of benzene rings is 2. The van der Waals surface area contributed by atoms with Gasteiger partial charge in [0.1, 0.15) is 17.2 Å². The Hall–Kier alpha value is -3.92. The van der Waals surface area contributed by atoms with Crippen LogP contribution < -0.4 is 10.6 Å². The predicted octanol–water partition coefficient (Wildman–Crippen LogP) is 3.81. The smallest absolute Gasteiger partial charge is 0.408 e. The van der Waals surface area contributed by atoms with E-state index in [0.29, 0.717) is 19.4 Å². The number of hydrogen-bond donors (Lipinski definition) is 2. The molecule has 0 aliphatic carbocycles. The van der Waals surface area contributed by atoms with Gasteiger partial charge < -0.3 is 29.9 Å². The molecule has 2 aromatic rings. The monoisotopic (exact) mass is 592 g/mol. The maximum atomic E-state index is 14.1. The Bertz CT molecular complexity index is 1310. The molecule has 2 unspecified atom stereocenters. The summed E-state index contributed by atoms with van der Waals surface area (Å²) in [5.74, 6) is -0.876. The summed E-state index contributed by atoms with van der Waals surface area (Å²) >= 11 is 0. The second-order valence-electron chi connectivity index (χ2n) is 13.0. The minimum absolute atomic E-state index is 0.0162. The highest BCUT2D eigenvalue weighted by molar-refractivity contribution is 5.95. The fraction of sp³-hybridized carbons (Fsp3) is 0.515. The topological polar surface area (TPSA) is 117 Å². The highest BCUT2D eigenvalue weighted by Crippen LogP contribution is 2.53. The zero-order valence-electron chi connectivity index (χ0n) is 26.0. The highest BCUT2D eigenvalue weighted by atomic mass is 16.6. The molecule has 2 aliphatic heterocycles. The van der Waals surface area contributed by atoms with Gasteiger partial charge in [-0.2, -0.15) is 0 Å². The van der Waals surface area contributed by atoms with E-state index in [1.54, 1.807) is 51.5 Å². The van der Waals surface area contributed by atoms with Crippen LogP contribution in [0.5, 0.6) is 0 Å². The van der Waals surface area contributed by atoms with Crippen LogP contribution in [0.2, 0.25) is 0 Å². The van der Waals surface area contributed by atoms with Crippen LogP contribution in [0.25, 0.3) is 0 Å². The van der Waals surface area contributed by atoms with Crippen LogP contribution in [0.15, 0.2) is 60.7 Å². The van der Waals surface area contributed by atoms with Gasteiger partial charge in [0.2, 0.25) is 17.7 Å². The first kappa shape index (κ1) is 32.0. The summed E-state index contributed by atoms with van der Waals surface area (Å²) in [6.07, 6.45) is 0.591. The third-order valence-electron chi connectivity index (χ3n) is 7.99. The zero-order chi connectivity index (χ0) is 31.4. The fourth-order valence-corrected chi connectivity index (χ4v) is 5.96. The molecular weight excluding hydrogens is 548 g/mol. The molecule has 2 aliphatic rings. The average Bonchev–Trinajstić information content (AvgIpc) is 2.96. The molecule has 2 aromatic carbocycles. The van der Waals surface area contributed by atoms with E-state index in [1.165, 1.54) is 0 Å². The maximum Gasteiger partial charge on any atom is 0.408 e. The Morgan fingerprint density at radius 2 is 1.63 bits per heavy atom.